The smallest absolute Gasteiger partial charge is 0.119 e. The molecule has 15 heavy (non-hydrogen) atoms. The molecule has 0 spiro atoms. The van der Waals surface area contributed by atoms with Crippen LogP contribution in [0.15, 0.2) is 35.7 Å². The Morgan fingerprint density at radius 3 is 2.80 bits per heavy atom. The van der Waals surface area contributed by atoms with Gasteiger partial charge in [0.15, 0.2) is 0 Å². The minimum Gasteiger partial charge on any atom is -0.497 e. The Labute approximate surface area is 89.6 Å². The molecule has 0 aromatic heterocycles. The highest BCUT2D eigenvalue weighted by molar-refractivity contribution is 5.31. The van der Waals surface area contributed by atoms with Crippen LogP contribution in [0.5, 0.6) is 5.75 Å². The first kappa shape index (κ1) is 11.7. The first-order valence-corrected chi connectivity index (χ1v) is 4.84. The second-order valence-electron chi connectivity index (χ2n) is 3.42. The maximum atomic E-state index is 13.1. The van der Waals surface area contributed by atoms with E-state index in [2.05, 4.69) is 0 Å². The van der Waals surface area contributed by atoms with E-state index in [-0.39, 0.29) is 12.4 Å². The summed E-state index contributed by atoms with van der Waals surface area (Å²) in [5, 5.41) is 0. The minimum atomic E-state index is -0.238. The van der Waals surface area contributed by atoms with Crippen molar-refractivity contribution in [2.75, 3.05) is 13.7 Å². The lowest BCUT2D eigenvalue weighted by Crippen LogP contribution is -2.02. The zero-order valence-corrected chi connectivity index (χ0v) is 9.09. The lowest BCUT2D eigenvalue weighted by Gasteiger charge is -2.05. The molecule has 2 nitrogen and oxygen atoms in total. The fourth-order valence-corrected chi connectivity index (χ4v) is 1.36. The van der Waals surface area contributed by atoms with Crippen LogP contribution >= 0.6 is 0 Å². The Kier molecular flexibility index (Phi) is 4.31. The molecule has 0 saturated heterocycles. The fraction of sp³-hybridized carbons (Fsp3) is 0.333. The molecular formula is C12H16FNO. The zero-order valence-electron chi connectivity index (χ0n) is 9.09. The van der Waals surface area contributed by atoms with Gasteiger partial charge in [-0.3, -0.25) is 0 Å². The predicted octanol–water partition coefficient (Wildman–Crippen LogP) is 2.44. The van der Waals surface area contributed by atoms with E-state index in [4.69, 9.17) is 10.5 Å². The SMILES string of the molecule is COc1cccc(C/C(C)=C(/F)CN)c1. The molecule has 0 atom stereocenters. The van der Waals surface area contributed by atoms with E-state index in [0.29, 0.717) is 12.0 Å². The molecule has 0 heterocycles. The number of hydrogen-bond donors (Lipinski definition) is 1. The van der Waals surface area contributed by atoms with E-state index < -0.39 is 0 Å². The van der Waals surface area contributed by atoms with Gasteiger partial charge in [-0.25, -0.2) is 4.39 Å². The first-order chi connectivity index (χ1) is 7.17. The molecule has 1 rings (SSSR count). The Bertz CT molecular complexity index is 360. The average molecular weight is 209 g/mol. The van der Waals surface area contributed by atoms with Crippen LogP contribution in [-0.2, 0) is 6.42 Å². The number of nitrogens with two attached hydrogens (primary N) is 1. The molecule has 0 fully saturated rings. The molecule has 1 aromatic rings. The maximum Gasteiger partial charge on any atom is 0.119 e. The summed E-state index contributed by atoms with van der Waals surface area (Å²) in [7, 11) is 1.61. The summed E-state index contributed by atoms with van der Waals surface area (Å²) in [6, 6.07) is 7.59. The lowest BCUT2D eigenvalue weighted by atomic mass is 10.1. The van der Waals surface area contributed by atoms with E-state index in [9.17, 15) is 4.39 Å². The third-order valence-electron chi connectivity index (χ3n) is 2.25. The van der Waals surface area contributed by atoms with E-state index in [1.54, 1.807) is 14.0 Å². The van der Waals surface area contributed by atoms with Crippen molar-refractivity contribution in [3.63, 3.8) is 0 Å². The van der Waals surface area contributed by atoms with Crippen LogP contribution in [-0.4, -0.2) is 13.7 Å². The minimum absolute atomic E-state index is 0.0319. The van der Waals surface area contributed by atoms with Gasteiger partial charge in [0, 0.05) is 6.54 Å². The van der Waals surface area contributed by atoms with Crippen LogP contribution in [0, 0.1) is 0 Å². The van der Waals surface area contributed by atoms with Crippen molar-refractivity contribution >= 4 is 0 Å². The summed E-state index contributed by atoms with van der Waals surface area (Å²) in [6.07, 6.45) is 0.570. The Morgan fingerprint density at radius 1 is 1.47 bits per heavy atom. The van der Waals surface area contributed by atoms with Crippen LogP contribution in [0.1, 0.15) is 12.5 Å². The van der Waals surface area contributed by atoms with E-state index in [0.717, 1.165) is 11.3 Å². The van der Waals surface area contributed by atoms with E-state index in [1.165, 1.54) is 0 Å². The Balaban J connectivity index is 2.81. The van der Waals surface area contributed by atoms with Gasteiger partial charge >= 0.3 is 0 Å². The number of rotatable bonds is 4. The maximum absolute atomic E-state index is 13.1. The van der Waals surface area contributed by atoms with Crippen molar-refractivity contribution in [2.24, 2.45) is 5.73 Å². The van der Waals surface area contributed by atoms with Crippen LogP contribution in [0.4, 0.5) is 4.39 Å². The van der Waals surface area contributed by atoms with Crippen LogP contribution in [0.25, 0.3) is 0 Å². The van der Waals surface area contributed by atoms with Crippen molar-refractivity contribution in [3.8, 4) is 5.75 Å². The van der Waals surface area contributed by atoms with Gasteiger partial charge in [0.2, 0.25) is 0 Å². The summed E-state index contributed by atoms with van der Waals surface area (Å²) in [5.41, 5.74) is 6.92. The van der Waals surface area contributed by atoms with Crippen LogP contribution in [0.2, 0.25) is 0 Å². The molecule has 0 amide bonds. The largest absolute Gasteiger partial charge is 0.497 e. The highest BCUT2D eigenvalue weighted by Gasteiger charge is 2.02. The number of hydrogen-bond acceptors (Lipinski definition) is 2. The molecule has 82 valence electrons. The Hall–Kier alpha value is -1.35. The fourth-order valence-electron chi connectivity index (χ4n) is 1.36. The monoisotopic (exact) mass is 209 g/mol. The Morgan fingerprint density at radius 2 is 2.20 bits per heavy atom. The van der Waals surface area contributed by atoms with Gasteiger partial charge in [-0.1, -0.05) is 12.1 Å². The molecule has 0 aliphatic carbocycles. The summed E-state index contributed by atoms with van der Waals surface area (Å²) in [4.78, 5) is 0. The molecule has 1 aromatic carbocycles. The van der Waals surface area contributed by atoms with Gasteiger partial charge in [0.1, 0.15) is 11.6 Å². The number of benzene rings is 1. The quantitative estimate of drug-likeness (QED) is 0.826. The van der Waals surface area contributed by atoms with Crippen molar-refractivity contribution < 1.29 is 9.13 Å². The average Bonchev–Trinajstić information content (AvgIpc) is 2.28. The number of ether oxygens (including phenoxy) is 1. The number of allylic oxidation sites excluding steroid dienone is 1. The molecular weight excluding hydrogens is 193 g/mol. The second-order valence-corrected chi connectivity index (χ2v) is 3.42. The first-order valence-electron chi connectivity index (χ1n) is 4.84. The van der Waals surface area contributed by atoms with Crippen molar-refractivity contribution in [2.45, 2.75) is 13.3 Å². The summed E-state index contributed by atoms with van der Waals surface area (Å²) in [6.45, 7) is 1.72. The van der Waals surface area contributed by atoms with Crippen LogP contribution < -0.4 is 10.5 Å². The molecule has 0 bridgehead atoms. The third-order valence-corrected chi connectivity index (χ3v) is 2.25. The van der Waals surface area contributed by atoms with Crippen molar-refractivity contribution in [3.05, 3.63) is 41.2 Å². The highest BCUT2D eigenvalue weighted by Crippen LogP contribution is 2.17. The molecule has 2 N–H and O–H groups in total. The molecule has 0 radical (unpaired) electrons. The summed E-state index contributed by atoms with van der Waals surface area (Å²) in [5.74, 6) is 0.547. The number of halogens is 1. The lowest BCUT2D eigenvalue weighted by molar-refractivity contribution is 0.414. The topological polar surface area (TPSA) is 35.2 Å². The predicted molar refractivity (Wildman–Crippen MR) is 59.6 cm³/mol. The van der Waals surface area contributed by atoms with Crippen molar-refractivity contribution in [1.29, 1.82) is 0 Å². The van der Waals surface area contributed by atoms with Gasteiger partial charge in [-0.15, -0.1) is 0 Å². The van der Waals surface area contributed by atoms with Crippen molar-refractivity contribution in [1.82, 2.24) is 0 Å². The third kappa shape index (κ3) is 3.36. The van der Waals surface area contributed by atoms with Gasteiger partial charge < -0.3 is 10.5 Å². The van der Waals surface area contributed by atoms with Crippen LogP contribution in [0.3, 0.4) is 0 Å². The zero-order chi connectivity index (χ0) is 11.3. The molecule has 3 heteroatoms. The van der Waals surface area contributed by atoms with Gasteiger partial charge in [0.25, 0.3) is 0 Å². The summed E-state index contributed by atoms with van der Waals surface area (Å²) >= 11 is 0. The van der Waals surface area contributed by atoms with Gasteiger partial charge in [0.05, 0.1) is 7.11 Å². The van der Waals surface area contributed by atoms with Gasteiger partial charge in [-0.05, 0) is 36.6 Å². The molecule has 0 aliphatic rings. The number of methoxy groups -OCH3 is 1. The molecule has 0 aliphatic heterocycles. The highest BCUT2D eigenvalue weighted by atomic mass is 19.1. The van der Waals surface area contributed by atoms with E-state index in [1.807, 2.05) is 24.3 Å². The molecule has 0 saturated carbocycles. The standard InChI is InChI=1S/C12H16FNO/c1-9(12(13)8-14)6-10-4-3-5-11(7-10)15-2/h3-5,7H,6,8,14H2,1-2H3/b12-9+. The second kappa shape index (κ2) is 5.51. The van der Waals surface area contributed by atoms with E-state index >= 15 is 0 Å². The summed E-state index contributed by atoms with van der Waals surface area (Å²) < 4.78 is 18.2. The van der Waals surface area contributed by atoms with Gasteiger partial charge in [-0.2, -0.15) is 0 Å². The molecule has 0 unspecified atom stereocenters. The normalized spacial score (nSPS) is 12.3.